The summed E-state index contributed by atoms with van der Waals surface area (Å²) in [6, 6.07) is 12.4. The highest BCUT2D eigenvalue weighted by Crippen LogP contribution is 2.64. The zero-order chi connectivity index (χ0) is 17.4. The molecule has 1 aromatic carbocycles. The topological polar surface area (TPSA) is 45.3 Å². The first kappa shape index (κ1) is 16.8. The average Bonchev–Trinajstić information content (AvgIpc) is 3.10. The lowest BCUT2D eigenvalue weighted by Crippen LogP contribution is -2.32. The molecule has 0 amide bonds. The number of H-pyrrole nitrogens is 1. The Bertz CT molecular complexity index is 767. The predicted octanol–water partition coefficient (Wildman–Crippen LogP) is 3.18. The lowest BCUT2D eigenvalue weighted by molar-refractivity contribution is 0.268. The second-order valence-electron chi connectivity index (χ2n) is 7.57. The molecule has 1 aliphatic rings. The summed E-state index contributed by atoms with van der Waals surface area (Å²) in [6.45, 7) is 6.36. The number of rotatable bonds is 6. The largest absolute Gasteiger partial charge is 0.491 e. The Morgan fingerprint density at radius 1 is 1.25 bits per heavy atom. The van der Waals surface area contributed by atoms with Crippen LogP contribution in [0.4, 0.5) is 0 Å². The van der Waals surface area contributed by atoms with E-state index < -0.39 is 0 Å². The molecule has 1 atom stereocenters. The molecule has 0 saturated heterocycles. The third-order valence-electron chi connectivity index (χ3n) is 5.38. The van der Waals surface area contributed by atoms with Crippen molar-refractivity contribution in [2.75, 3.05) is 20.7 Å². The number of aromatic nitrogens is 1. The van der Waals surface area contributed by atoms with Crippen LogP contribution >= 0.6 is 0 Å². The van der Waals surface area contributed by atoms with Crippen LogP contribution in [0.15, 0.2) is 47.4 Å². The van der Waals surface area contributed by atoms with Crippen LogP contribution in [0.3, 0.4) is 0 Å². The molecule has 1 aliphatic carbocycles. The molecule has 0 spiro atoms. The number of hydrogen-bond acceptors (Lipinski definition) is 3. The van der Waals surface area contributed by atoms with Gasteiger partial charge in [0, 0.05) is 36.5 Å². The maximum absolute atomic E-state index is 11.9. The molecular formula is C20H26N2O2. The molecule has 0 unspecified atom stereocenters. The Morgan fingerprint density at radius 2 is 1.92 bits per heavy atom. The molecule has 128 valence electrons. The lowest BCUT2D eigenvalue weighted by atomic mass is 9.87. The first-order valence-electron chi connectivity index (χ1n) is 8.38. The van der Waals surface area contributed by atoms with Gasteiger partial charge in [0.25, 0.3) is 0 Å². The van der Waals surface area contributed by atoms with E-state index in [1.807, 2.05) is 0 Å². The van der Waals surface area contributed by atoms with E-state index in [9.17, 15) is 4.79 Å². The number of pyridine rings is 1. The van der Waals surface area contributed by atoms with E-state index in [2.05, 4.69) is 61.1 Å². The number of methoxy groups -OCH3 is 1. The van der Waals surface area contributed by atoms with Gasteiger partial charge in [-0.05, 0) is 24.4 Å². The minimum absolute atomic E-state index is 0.0795. The van der Waals surface area contributed by atoms with E-state index in [4.69, 9.17) is 4.74 Å². The number of ether oxygens (including phenoxy) is 1. The molecule has 3 rings (SSSR count). The van der Waals surface area contributed by atoms with Crippen molar-refractivity contribution in [1.29, 1.82) is 0 Å². The Morgan fingerprint density at radius 3 is 2.46 bits per heavy atom. The second-order valence-corrected chi connectivity index (χ2v) is 7.57. The van der Waals surface area contributed by atoms with E-state index in [0.717, 1.165) is 12.2 Å². The summed E-state index contributed by atoms with van der Waals surface area (Å²) in [5.41, 5.74) is 2.73. The zero-order valence-corrected chi connectivity index (χ0v) is 14.9. The second kappa shape index (κ2) is 6.10. The van der Waals surface area contributed by atoms with Crippen LogP contribution in [0, 0.1) is 5.41 Å². The fourth-order valence-electron chi connectivity index (χ4n) is 3.88. The van der Waals surface area contributed by atoms with Crippen molar-refractivity contribution in [2.24, 2.45) is 5.41 Å². The quantitative estimate of drug-likeness (QED) is 0.887. The summed E-state index contributed by atoms with van der Waals surface area (Å²) in [6.07, 6.45) is 2.83. The fraction of sp³-hybridized carbons (Fsp3) is 0.450. The van der Waals surface area contributed by atoms with Gasteiger partial charge in [-0.3, -0.25) is 9.69 Å². The predicted molar refractivity (Wildman–Crippen MR) is 96.5 cm³/mol. The van der Waals surface area contributed by atoms with Gasteiger partial charge in [0.1, 0.15) is 0 Å². The van der Waals surface area contributed by atoms with Crippen LogP contribution in [0.2, 0.25) is 0 Å². The molecule has 1 fully saturated rings. The van der Waals surface area contributed by atoms with Crippen molar-refractivity contribution in [3.05, 3.63) is 64.1 Å². The number of nitrogens with one attached hydrogen (secondary N) is 1. The highest BCUT2D eigenvalue weighted by molar-refractivity contribution is 5.37. The van der Waals surface area contributed by atoms with Crippen LogP contribution < -0.4 is 10.2 Å². The number of hydrogen-bond donors (Lipinski definition) is 1. The molecule has 24 heavy (non-hydrogen) atoms. The van der Waals surface area contributed by atoms with Crippen LogP contribution in [0.1, 0.15) is 31.5 Å². The van der Waals surface area contributed by atoms with E-state index in [-0.39, 0.29) is 10.8 Å². The summed E-state index contributed by atoms with van der Waals surface area (Å²) in [5.74, 6) is 0.352. The van der Waals surface area contributed by atoms with Crippen molar-refractivity contribution in [1.82, 2.24) is 9.88 Å². The first-order chi connectivity index (χ1) is 11.4. The normalized spacial score (nSPS) is 21.7. The minimum atomic E-state index is -0.0795. The van der Waals surface area contributed by atoms with Crippen molar-refractivity contribution in [3.8, 4) is 5.75 Å². The average molecular weight is 326 g/mol. The molecule has 2 aromatic rings. The lowest BCUT2D eigenvalue weighted by Gasteiger charge is -2.27. The van der Waals surface area contributed by atoms with Gasteiger partial charge in [-0.25, -0.2) is 0 Å². The number of likely N-dealkylation sites (N-methyl/N-ethyl adjacent to an activating group) is 1. The minimum Gasteiger partial charge on any atom is -0.491 e. The molecule has 0 aliphatic heterocycles. The van der Waals surface area contributed by atoms with Gasteiger partial charge in [-0.1, -0.05) is 44.2 Å². The Hall–Kier alpha value is -2.07. The monoisotopic (exact) mass is 326 g/mol. The summed E-state index contributed by atoms with van der Waals surface area (Å²) in [4.78, 5) is 17.4. The van der Waals surface area contributed by atoms with Crippen molar-refractivity contribution in [3.63, 3.8) is 0 Å². The highest BCUT2D eigenvalue weighted by Gasteiger charge is 2.61. The molecule has 1 saturated carbocycles. The molecular weight excluding hydrogens is 300 g/mol. The molecule has 0 bridgehead atoms. The third kappa shape index (κ3) is 2.98. The van der Waals surface area contributed by atoms with Gasteiger partial charge in [0.2, 0.25) is 5.43 Å². The molecule has 0 radical (unpaired) electrons. The van der Waals surface area contributed by atoms with Crippen LogP contribution in [-0.2, 0) is 12.0 Å². The van der Waals surface area contributed by atoms with E-state index >= 15 is 0 Å². The van der Waals surface area contributed by atoms with Gasteiger partial charge in [0.15, 0.2) is 5.75 Å². The Labute approximate surface area is 143 Å². The fourth-order valence-corrected chi connectivity index (χ4v) is 3.88. The Kier molecular flexibility index (Phi) is 4.26. The summed E-state index contributed by atoms with van der Waals surface area (Å²) in [5, 5.41) is 0. The number of aromatic amines is 1. The van der Waals surface area contributed by atoms with Gasteiger partial charge < -0.3 is 9.72 Å². The van der Waals surface area contributed by atoms with Gasteiger partial charge >= 0.3 is 0 Å². The van der Waals surface area contributed by atoms with E-state index in [0.29, 0.717) is 17.7 Å². The van der Waals surface area contributed by atoms with E-state index in [1.165, 1.54) is 19.1 Å². The highest BCUT2D eigenvalue weighted by atomic mass is 16.5. The molecule has 1 aromatic heterocycles. The Balaban J connectivity index is 1.75. The van der Waals surface area contributed by atoms with Gasteiger partial charge in [-0.2, -0.15) is 0 Å². The van der Waals surface area contributed by atoms with Gasteiger partial charge in [-0.15, -0.1) is 0 Å². The van der Waals surface area contributed by atoms with Crippen molar-refractivity contribution in [2.45, 2.75) is 32.2 Å². The zero-order valence-electron chi connectivity index (χ0n) is 14.9. The standard InChI is InChI=1S/C20H26N2O2/c1-19(2)13-20(19,15-8-6-5-7-9-15)14-22(3)12-16-10-17(23)18(24-4)11-21-16/h5-11H,12-14H2,1-4H3,(H,21,23)/t20-/m0/s1. The summed E-state index contributed by atoms with van der Waals surface area (Å²) in [7, 11) is 3.62. The number of nitrogens with zero attached hydrogens (tertiary/aromatic N) is 1. The van der Waals surface area contributed by atoms with E-state index in [1.54, 1.807) is 12.3 Å². The van der Waals surface area contributed by atoms with Crippen molar-refractivity contribution >= 4 is 0 Å². The van der Waals surface area contributed by atoms with Crippen LogP contribution in [-0.4, -0.2) is 30.6 Å². The maximum atomic E-state index is 11.9. The van der Waals surface area contributed by atoms with Crippen LogP contribution in [0.25, 0.3) is 0 Å². The molecule has 1 heterocycles. The third-order valence-corrected chi connectivity index (χ3v) is 5.38. The summed E-state index contributed by atoms with van der Waals surface area (Å²) < 4.78 is 5.02. The van der Waals surface area contributed by atoms with Crippen LogP contribution in [0.5, 0.6) is 5.75 Å². The molecule has 1 N–H and O–H groups in total. The SMILES string of the molecule is COc1c[nH]c(CN(C)C[C@]2(c3ccccc3)CC2(C)C)cc1=O. The van der Waals surface area contributed by atoms with Gasteiger partial charge in [0.05, 0.1) is 7.11 Å². The van der Waals surface area contributed by atoms with Crippen molar-refractivity contribution < 1.29 is 4.74 Å². The summed E-state index contributed by atoms with van der Waals surface area (Å²) >= 11 is 0. The maximum Gasteiger partial charge on any atom is 0.223 e. The molecule has 4 heteroatoms. The first-order valence-corrected chi connectivity index (χ1v) is 8.38. The molecule has 4 nitrogen and oxygen atoms in total. The number of benzene rings is 1. The smallest absolute Gasteiger partial charge is 0.223 e.